The van der Waals surface area contributed by atoms with Gasteiger partial charge in [0.15, 0.2) is 0 Å². The summed E-state index contributed by atoms with van der Waals surface area (Å²) in [5.74, 6) is 0.753. The van der Waals surface area contributed by atoms with Crippen LogP contribution >= 0.6 is 0 Å². The lowest BCUT2D eigenvalue weighted by Crippen LogP contribution is -2.39. The van der Waals surface area contributed by atoms with Crippen molar-refractivity contribution in [3.63, 3.8) is 0 Å². The molecule has 0 heterocycles. The zero-order valence-corrected chi connectivity index (χ0v) is 18.1. The molecule has 4 nitrogen and oxygen atoms in total. The van der Waals surface area contributed by atoms with Crippen LogP contribution in [0.4, 0.5) is 0 Å². The first kappa shape index (κ1) is 22.2. The standard InChI is InChI=1S/C23H31NO3S/c1-6-7-19(3)20(4)28(25,26)24(16-21-10-8-18(2)9-11-21)17-22-12-14-23(27-5)15-13-22/h6,8-15,19-20H,1,7,16-17H2,2-5H3/t19-,20-/m0/s1. The Labute approximate surface area is 169 Å². The molecule has 2 atom stereocenters. The molecule has 0 fully saturated rings. The van der Waals surface area contributed by atoms with Crippen molar-refractivity contribution < 1.29 is 13.2 Å². The molecule has 2 aromatic carbocycles. The second-order valence-corrected chi connectivity index (χ2v) is 9.64. The maximum Gasteiger partial charge on any atom is 0.217 e. The highest BCUT2D eigenvalue weighted by atomic mass is 32.2. The minimum atomic E-state index is -3.49. The van der Waals surface area contributed by atoms with Gasteiger partial charge in [0, 0.05) is 13.1 Å². The number of benzene rings is 2. The monoisotopic (exact) mass is 401 g/mol. The number of nitrogens with zero attached hydrogens (tertiary/aromatic N) is 1. The fourth-order valence-electron chi connectivity index (χ4n) is 3.05. The molecule has 0 aliphatic carbocycles. The maximum atomic E-state index is 13.4. The van der Waals surface area contributed by atoms with Gasteiger partial charge in [-0.2, -0.15) is 4.31 Å². The lowest BCUT2D eigenvalue weighted by atomic mass is 10.1. The van der Waals surface area contributed by atoms with Crippen LogP contribution in [0.2, 0.25) is 0 Å². The van der Waals surface area contributed by atoms with E-state index in [4.69, 9.17) is 4.74 Å². The third-order valence-corrected chi connectivity index (χ3v) is 7.55. The number of ether oxygens (including phenoxy) is 1. The number of sulfonamides is 1. The maximum absolute atomic E-state index is 13.4. The normalized spacial score (nSPS) is 13.9. The molecule has 0 amide bonds. The second-order valence-electron chi connectivity index (χ2n) is 7.35. The summed E-state index contributed by atoms with van der Waals surface area (Å²) >= 11 is 0. The van der Waals surface area contributed by atoms with Gasteiger partial charge >= 0.3 is 0 Å². The first-order chi connectivity index (χ1) is 13.3. The molecular weight excluding hydrogens is 370 g/mol. The molecule has 152 valence electrons. The van der Waals surface area contributed by atoms with Crippen LogP contribution in [0.5, 0.6) is 5.75 Å². The van der Waals surface area contributed by atoms with Crippen LogP contribution in [0.1, 0.15) is 37.0 Å². The third kappa shape index (κ3) is 5.69. The topological polar surface area (TPSA) is 46.6 Å². The van der Waals surface area contributed by atoms with Crippen LogP contribution < -0.4 is 4.74 Å². The van der Waals surface area contributed by atoms with Gasteiger partial charge in [-0.3, -0.25) is 0 Å². The van der Waals surface area contributed by atoms with E-state index in [9.17, 15) is 8.42 Å². The molecule has 2 aromatic rings. The van der Waals surface area contributed by atoms with E-state index in [1.54, 1.807) is 24.4 Å². The van der Waals surface area contributed by atoms with E-state index < -0.39 is 15.3 Å². The van der Waals surface area contributed by atoms with E-state index in [0.29, 0.717) is 19.5 Å². The summed E-state index contributed by atoms with van der Waals surface area (Å²) in [5.41, 5.74) is 3.06. The van der Waals surface area contributed by atoms with Crippen LogP contribution in [0.25, 0.3) is 0 Å². The lowest BCUT2D eigenvalue weighted by molar-refractivity contribution is 0.382. The van der Waals surface area contributed by atoms with Crippen molar-refractivity contribution in [2.45, 2.75) is 45.5 Å². The van der Waals surface area contributed by atoms with Gasteiger partial charge in [0.05, 0.1) is 12.4 Å². The predicted octanol–water partition coefficient (Wildman–Crippen LogP) is 4.94. The van der Waals surface area contributed by atoms with E-state index in [-0.39, 0.29) is 5.92 Å². The zero-order valence-electron chi connectivity index (χ0n) is 17.3. The van der Waals surface area contributed by atoms with E-state index in [0.717, 1.165) is 22.4 Å². The second kappa shape index (κ2) is 9.89. The molecule has 0 N–H and O–H groups in total. The molecule has 0 aliphatic rings. The Morgan fingerprint density at radius 1 is 1.00 bits per heavy atom. The summed E-state index contributed by atoms with van der Waals surface area (Å²) in [5, 5.41) is -0.491. The first-order valence-corrected chi connectivity index (χ1v) is 11.1. The lowest BCUT2D eigenvalue weighted by Gasteiger charge is -2.29. The van der Waals surface area contributed by atoms with E-state index in [1.165, 1.54) is 0 Å². The minimum Gasteiger partial charge on any atom is -0.497 e. The van der Waals surface area contributed by atoms with E-state index in [2.05, 4.69) is 6.58 Å². The van der Waals surface area contributed by atoms with E-state index >= 15 is 0 Å². The van der Waals surface area contributed by atoms with Gasteiger partial charge < -0.3 is 4.74 Å². The Balaban J connectivity index is 2.32. The average Bonchev–Trinajstić information content (AvgIpc) is 2.69. The predicted molar refractivity (Wildman–Crippen MR) is 116 cm³/mol. The Morgan fingerprint density at radius 2 is 1.50 bits per heavy atom. The van der Waals surface area contributed by atoms with Crippen LogP contribution in [-0.2, 0) is 23.1 Å². The van der Waals surface area contributed by atoms with Gasteiger partial charge in [-0.05, 0) is 49.4 Å². The fraction of sp³-hybridized carbons (Fsp3) is 0.391. The molecule has 0 radical (unpaired) electrons. The Kier molecular flexibility index (Phi) is 7.84. The van der Waals surface area contributed by atoms with Crippen molar-refractivity contribution in [2.75, 3.05) is 7.11 Å². The van der Waals surface area contributed by atoms with Crippen molar-refractivity contribution in [1.29, 1.82) is 0 Å². The Hall–Kier alpha value is -2.11. The quantitative estimate of drug-likeness (QED) is 0.530. The highest BCUT2D eigenvalue weighted by Crippen LogP contribution is 2.24. The molecule has 0 unspecified atom stereocenters. The van der Waals surface area contributed by atoms with Gasteiger partial charge in [-0.25, -0.2) is 8.42 Å². The molecule has 0 aromatic heterocycles. The number of hydrogen-bond donors (Lipinski definition) is 0. The molecule has 0 saturated heterocycles. The summed E-state index contributed by atoms with van der Waals surface area (Å²) < 4.78 is 33.6. The highest BCUT2D eigenvalue weighted by Gasteiger charge is 2.32. The van der Waals surface area contributed by atoms with Crippen LogP contribution in [-0.4, -0.2) is 25.1 Å². The first-order valence-electron chi connectivity index (χ1n) is 9.56. The van der Waals surface area contributed by atoms with Gasteiger partial charge in [-0.15, -0.1) is 6.58 Å². The fourth-order valence-corrected chi connectivity index (χ4v) is 4.88. The molecule has 0 aliphatic heterocycles. The largest absolute Gasteiger partial charge is 0.497 e. The summed E-state index contributed by atoms with van der Waals surface area (Å²) in [4.78, 5) is 0. The molecular formula is C23H31NO3S. The van der Waals surface area contributed by atoms with Crippen molar-refractivity contribution >= 4 is 10.0 Å². The van der Waals surface area contributed by atoms with Crippen molar-refractivity contribution in [1.82, 2.24) is 4.31 Å². The molecule has 5 heteroatoms. The molecule has 2 rings (SSSR count). The highest BCUT2D eigenvalue weighted by molar-refractivity contribution is 7.89. The van der Waals surface area contributed by atoms with Crippen molar-refractivity contribution in [3.05, 3.63) is 77.9 Å². The van der Waals surface area contributed by atoms with Crippen LogP contribution in [0, 0.1) is 12.8 Å². The van der Waals surface area contributed by atoms with Gasteiger partial charge in [-0.1, -0.05) is 55.0 Å². The van der Waals surface area contributed by atoms with Gasteiger partial charge in [0.1, 0.15) is 5.75 Å². The summed E-state index contributed by atoms with van der Waals surface area (Å²) in [6.45, 7) is 10.2. The summed E-state index contributed by atoms with van der Waals surface area (Å²) in [7, 11) is -1.87. The van der Waals surface area contributed by atoms with Gasteiger partial charge in [0.25, 0.3) is 0 Å². The zero-order chi connectivity index (χ0) is 20.7. The number of allylic oxidation sites excluding steroid dienone is 1. The average molecular weight is 402 g/mol. The van der Waals surface area contributed by atoms with Crippen LogP contribution in [0.3, 0.4) is 0 Å². The Morgan fingerprint density at radius 3 is 1.96 bits per heavy atom. The molecule has 0 spiro atoms. The smallest absolute Gasteiger partial charge is 0.217 e. The SMILES string of the molecule is C=CC[C@H](C)[C@H](C)S(=O)(=O)N(Cc1ccc(C)cc1)Cc1ccc(OC)cc1. The minimum absolute atomic E-state index is 0.00103. The van der Waals surface area contributed by atoms with Gasteiger partial charge in [0.2, 0.25) is 10.0 Å². The van der Waals surface area contributed by atoms with Crippen molar-refractivity contribution in [2.24, 2.45) is 5.92 Å². The molecule has 0 bridgehead atoms. The number of hydrogen-bond acceptors (Lipinski definition) is 3. The summed E-state index contributed by atoms with van der Waals surface area (Å²) in [6.07, 6.45) is 2.45. The van der Waals surface area contributed by atoms with Crippen molar-refractivity contribution in [3.8, 4) is 5.75 Å². The summed E-state index contributed by atoms with van der Waals surface area (Å²) in [6, 6.07) is 15.5. The number of aryl methyl sites for hydroxylation is 1. The Bertz CT molecular complexity index is 858. The molecule has 28 heavy (non-hydrogen) atoms. The third-order valence-electron chi connectivity index (χ3n) is 5.17. The molecule has 0 saturated carbocycles. The number of methoxy groups -OCH3 is 1. The van der Waals surface area contributed by atoms with E-state index in [1.807, 2.05) is 62.4 Å². The van der Waals surface area contributed by atoms with Crippen LogP contribution in [0.15, 0.2) is 61.2 Å². The number of rotatable bonds is 10.